The number of ether oxygens (including phenoxy) is 1. The molecular weight excluding hydrogens is 366 g/mol. The van der Waals surface area contributed by atoms with Crippen molar-refractivity contribution in [3.05, 3.63) is 80.0 Å². The van der Waals surface area contributed by atoms with Crippen LogP contribution in [0.15, 0.2) is 47.8 Å². The molecular formula is C21H20ClNO2S. The highest BCUT2D eigenvalue weighted by atomic mass is 35.5. The molecule has 0 saturated carbocycles. The van der Waals surface area contributed by atoms with Crippen molar-refractivity contribution in [2.45, 2.75) is 27.4 Å². The van der Waals surface area contributed by atoms with Crippen molar-refractivity contribution in [3.8, 4) is 5.75 Å². The molecule has 0 aliphatic heterocycles. The van der Waals surface area contributed by atoms with Crippen LogP contribution < -0.4 is 10.1 Å². The van der Waals surface area contributed by atoms with Gasteiger partial charge in [0, 0.05) is 16.3 Å². The molecule has 1 aromatic heterocycles. The summed E-state index contributed by atoms with van der Waals surface area (Å²) in [5.41, 5.74) is 4.85. The van der Waals surface area contributed by atoms with Crippen LogP contribution in [0.4, 0.5) is 5.69 Å². The maximum atomic E-state index is 12.4. The molecule has 3 aromatic rings. The zero-order chi connectivity index (χ0) is 18.7. The van der Waals surface area contributed by atoms with Gasteiger partial charge < -0.3 is 10.1 Å². The van der Waals surface area contributed by atoms with Crippen molar-refractivity contribution >= 4 is 34.5 Å². The van der Waals surface area contributed by atoms with Gasteiger partial charge in [-0.15, -0.1) is 11.3 Å². The van der Waals surface area contributed by atoms with Gasteiger partial charge in [-0.2, -0.15) is 0 Å². The molecule has 26 heavy (non-hydrogen) atoms. The van der Waals surface area contributed by atoms with Gasteiger partial charge in [0.25, 0.3) is 5.91 Å². The van der Waals surface area contributed by atoms with E-state index in [1.807, 2.05) is 62.5 Å². The summed E-state index contributed by atoms with van der Waals surface area (Å²) in [5, 5.41) is 5.46. The first-order chi connectivity index (χ1) is 12.4. The number of para-hydroxylation sites is 1. The van der Waals surface area contributed by atoms with Crippen molar-refractivity contribution in [3.63, 3.8) is 0 Å². The standard InChI is InChI=1S/C21H20ClNO2S/c1-13-7-8-17(10-18(13)22)23-21(24)19-9-16(12-26-19)11-25-20-14(2)5-4-6-15(20)3/h4-10,12H,11H2,1-3H3,(H,23,24). The fraction of sp³-hybridized carbons (Fsp3) is 0.190. The Bertz CT molecular complexity index is 929. The highest BCUT2D eigenvalue weighted by molar-refractivity contribution is 7.12. The smallest absolute Gasteiger partial charge is 0.265 e. The fourth-order valence-electron chi connectivity index (χ4n) is 2.62. The molecule has 1 N–H and O–H groups in total. The largest absolute Gasteiger partial charge is 0.488 e. The summed E-state index contributed by atoms with van der Waals surface area (Å²) in [6.07, 6.45) is 0. The molecule has 0 bridgehead atoms. The molecule has 3 nitrogen and oxygen atoms in total. The normalized spacial score (nSPS) is 10.6. The number of halogens is 1. The monoisotopic (exact) mass is 385 g/mol. The number of amides is 1. The lowest BCUT2D eigenvalue weighted by atomic mass is 10.1. The third kappa shape index (κ3) is 4.26. The Balaban J connectivity index is 1.65. The van der Waals surface area contributed by atoms with Crippen molar-refractivity contribution in [1.29, 1.82) is 0 Å². The zero-order valence-corrected chi connectivity index (χ0v) is 16.5. The molecule has 1 amide bonds. The van der Waals surface area contributed by atoms with E-state index < -0.39 is 0 Å². The predicted octanol–water partition coefficient (Wildman–Crippen LogP) is 6.16. The van der Waals surface area contributed by atoms with Crippen molar-refractivity contribution in [1.82, 2.24) is 0 Å². The van der Waals surface area contributed by atoms with E-state index in [0.29, 0.717) is 22.2 Å². The first-order valence-electron chi connectivity index (χ1n) is 8.28. The molecule has 0 fully saturated rings. The van der Waals surface area contributed by atoms with E-state index in [-0.39, 0.29) is 5.91 Å². The van der Waals surface area contributed by atoms with Crippen LogP contribution in [0, 0.1) is 20.8 Å². The van der Waals surface area contributed by atoms with Gasteiger partial charge >= 0.3 is 0 Å². The average molecular weight is 386 g/mol. The van der Waals surface area contributed by atoms with E-state index in [1.165, 1.54) is 11.3 Å². The molecule has 0 aliphatic rings. The lowest BCUT2D eigenvalue weighted by Crippen LogP contribution is -2.10. The van der Waals surface area contributed by atoms with Gasteiger partial charge in [-0.1, -0.05) is 35.9 Å². The van der Waals surface area contributed by atoms with E-state index in [4.69, 9.17) is 16.3 Å². The first-order valence-corrected chi connectivity index (χ1v) is 9.53. The van der Waals surface area contributed by atoms with E-state index >= 15 is 0 Å². The molecule has 3 rings (SSSR count). The van der Waals surface area contributed by atoms with E-state index in [1.54, 1.807) is 6.07 Å². The van der Waals surface area contributed by atoms with Gasteiger partial charge in [0.05, 0.1) is 4.88 Å². The van der Waals surface area contributed by atoms with Crippen LogP contribution in [0.3, 0.4) is 0 Å². The number of benzene rings is 2. The molecule has 0 spiro atoms. The summed E-state index contributed by atoms with van der Waals surface area (Å²) >= 11 is 7.51. The fourth-order valence-corrected chi connectivity index (χ4v) is 3.59. The Hall–Kier alpha value is -2.30. The molecule has 5 heteroatoms. The average Bonchev–Trinajstić information content (AvgIpc) is 3.07. The zero-order valence-electron chi connectivity index (χ0n) is 14.9. The topological polar surface area (TPSA) is 38.3 Å². The minimum Gasteiger partial charge on any atom is -0.488 e. The Morgan fingerprint density at radius 3 is 2.50 bits per heavy atom. The van der Waals surface area contributed by atoms with Crippen LogP contribution in [0.25, 0.3) is 0 Å². The number of carbonyl (C=O) groups is 1. The summed E-state index contributed by atoms with van der Waals surface area (Å²) < 4.78 is 5.95. The number of hydrogen-bond donors (Lipinski definition) is 1. The molecule has 0 saturated heterocycles. The minimum atomic E-state index is -0.145. The summed E-state index contributed by atoms with van der Waals surface area (Å²) in [6, 6.07) is 13.4. The molecule has 0 unspecified atom stereocenters. The minimum absolute atomic E-state index is 0.145. The number of hydrogen-bond acceptors (Lipinski definition) is 3. The van der Waals surface area contributed by atoms with Crippen LogP contribution in [0.2, 0.25) is 5.02 Å². The third-order valence-electron chi connectivity index (χ3n) is 4.10. The second kappa shape index (κ2) is 7.94. The van der Waals surface area contributed by atoms with Gasteiger partial charge in [0.15, 0.2) is 0 Å². The molecule has 0 aliphatic carbocycles. The number of anilines is 1. The molecule has 0 radical (unpaired) electrons. The molecule has 2 aromatic carbocycles. The molecule has 1 heterocycles. The van der Waals surface area contributed by atoms with Crippen LogP contribution in [-0.4, -0.2) is 5.91 Å². The van der Waals surface area contributed by atoms with E-state index in [0.717, 1.165) is 28.0 Å². The van der Waals surface area contributed by atoms with Crippen molar-refractivity contribution in [2.75, 3.05) is 5.32 Å². The van der Waals surface area contributed by atoms with Crippen LogP contribution in [-0.2, 0) is 6.61 Å². The summed E-state index contributed by atoms with van der Waals surface area (Å²) in [7, 11) is 0. The number of aryl methyl sites for hydroxylation is 3. The second-order valence-electron chi connectivity index (χ2n) is 6.25. The third-order valence-corrected chi connectivity index (χ3v) is 5.48. The number of thiophene rings is 1. The highest BCUT2D eigenvalue weighted by Gasteiger charge is 2.11. The predicted molar refractivity (Wildman–Crippen MR) is 109 cm³/mol. The maximum Gasteiger partial charge on any atom is 0.265 e. The van der Waals surface area contributed by atoms with Gasteiger partial charge in [-0.05, 0) is 61.0 Å². The van der Waals surface area contributed by atoms with Crippen LogP contribution in [0.1, 0.15) is 31.9 Å². The summed E-state index contributed by atoms with van der Waals surface area (Å²) in [6.45, 7) is 6.42. The lowest BCUT2D eigenvalue weighted by molar-refractivity contribution is 0.103. The Labute approximate surface area is 162 Å². The van der Waals surface area contributed by atoms with Gasteiger partial charge in [-0.25, -0.2) is 0 Å². The van der Waals surface area contributed by atoms with Crippen LogP contribution in [0.5, 0.6) is 5.75 Å². The maximum absolute atomic E-state index is 12.4. The van der Waals surface area contributed by atoms with Gasteiger partial charge in [-0.3, -0.25) is 4.79 Å². The second-order valence-corrected chi connectivity index (χ2v) is 7.57. The SMILES string of the molecule is Cc1ccc(NC(=O)c2cc(COc3c(C)cccc3C)cs2)cc1Cl. The molecule has 0 atom stereocenters. The number of rotatable bonds is 5. The lowest BCUT2D eigenvalue weighted by Gasteiger charge is -2.11. The van der Waals surface area contributed by atoms with Crippen molar-refractivity contribution in [2.24, 2.45) is 0 Å². The quantitative estimate of drug-likeness (QED) is 0.571. The van der Waals surface area contributed by atoms with Crippen molar-refractivity contribution < 1.29 is 9.53 Å². The van der Waals surface area contributed by atoms with E-state index in [9.17, 15) is 4.79 Å². The van der Waals surface area contributed by atoms with Gasteiger partial charge in [0.2, 0.25) is 0 Å². The summed E-state index contributed by atoms with van der Waals surface area (Å²) in [5.74, 6) is 0.757. The Morgan fingerprint density at radius 2 is 1.81 bits per heavy atom. The highest BCUT2D eigenvalue weighted by Crippen LogP contribution is 2.25. The van der Waals surface area contributed by atoms with Gasteiger partial charge in [0.1, 0.15) is 12.4 Å². The Morgan fingerprint density at radius 1 is 1.08 bits per heavy atom. The van der Waals surface area contributed by atoms with Crippen LogP contribution >= 0.6 is 22.9 Å². The number of nitrogens with one attached hydrogen (secondary N) is 1. The summed E-state index contributed by atoms with van der Waals surface area (Å²) in [4.78, 5) is 13.1. The Kier molecular flexibility index (Phi) is 5.64. The van der Waals surface area contributed by atoms with E-state index in [2.05, 4.69) is 5.32 Å². The molecule has 134 valence electrons. The first kappa shape index (κ1) is 18.5. The number of carbonyl (C=O) groups excluding carboxylic acids is 1.